The fourth-order valence-corrected chi connectivity index (χ4v) is 3.20. The molecular formula is C19H25FN4O4. The fraction of sp³-hybridized carbons (Fsp3) is 0.474. The number of ether oxygens (including phenoxy) is 2. The molecule has 0 bridgehead atoms. The standard InChI is InChI=1S/C19H25FN4O4/c1-23(2)18-16(19(25)24-8-9-27-13(11-24)6-7-21)17(28-22-18)12-4-5-14(20)15(10-12)26-3/h4-5,10,13H,6-9,11,21H2,1-3H3. The highest BCUT2D eigenvalue weighted by atomic mass is 19.1. The van der Waals surface area contributed by atoms with Crippen molar-refractivity contribution in [3.63, 3.8) is 0 Å². The van der Waals surface area contributed by atoms with Gasteiger partial charge in [0.15, 0.2) is 23.1 Å². The van der Waals surface area contributed by atoms with Crippen molar-refractivity contribution in [2.75, 3.05) is 52.3 Å². The van der Waals surface area contributed by atoms with Gasteiger partial charge in [-0.2, -0.15) is 0 Å². The van der Waals surface area contributed by atoms with Gasteiger partial charge in [0.2, 0.25) is 0 Å². The Morgan fingerprint density at radius 2 is 2.25 bits per heavy atom. The minimum Gasteiger partial charge on any atom is -0.494 e. The summed E-state index contributed by atoms with van der Waals surface area (Å²) in [5.41, 5.74) is 6.46. The van der Waals surface area contributed by atoms with Crippen molar-refractivity contribution in [1.29, 1.82) is 0 Å². The number of nitrogens with two attached hydrogens (primary N) is 1. The Balaban J connectivity index is 1.99. The minimum absolute atomic E-state index is 0.0630. The first-order valence-electron chi connectivity index (χ1n) is 9.08. The first-order valence-corrected chi connectivity index (χ1v) is 9.08. The molecule has 1 unspecified atom stereocenters. The van der Waals surface area contributed by atoms with Crippen LogP contribution in [0.5, 0.6) is 5.75 Å². The summed E-state index contributed by atoms with van der Waals surface area (Å²) in [6.07, 6.45) is 0.579. The van der Waals surface area contributed by atoms with Crippen LogP contribution < -0.4 is 15.4 Å². The van der Waals surface area contributed by atoms with Gasteiger partial charge in [-0.15, -0.1) is 0 Å². The molecule has 9 heteroatoms. The molecule has 1 aromatic carbocycles. The second kappa shape index (κ2) is 8.57. The van der Waals surface area contributed by atoms with Gasteiger partial charge in [0.25, 0.3) is 5.91 Å². The highest BCUT2D eigenvalue weighted by molar-refractivity contribution is 6.04. The van der Waals surface area contributed by atoms with Gasteiger partial charge in [-0.05, 0) is 31.2 Å². The second-order valence-electron chi connectivity index (χ2n) is 6.78. The van der Waals surface area contributed by atoms with Gasteiger partial charge >= 0.3 is 0 Å². The summed E-state index contributed by atoms with van der Waals surface area (Å²) in [5.74, 6) is 0.0324. The lowest BCUT2D eigenvalue weighted by Crippen LogP contribution is -2.46. The van der Waals surface area contributed by atoms with E-state index in [0.717, 1.165) is 0 Å². The number of carbonyl (C=O) groups excluding carboxylic acids is 1. The van der Waals surface area contributed by atoms with E-state index in [1.807, 2.05) is 0 Å². The van der Waals surface area contributed by atoms with E-state index in [-0.39, 0.29) is 23.5 Å². The maximum absolute atomic E-state index is 13.8. The molecule has 1 aliphatic heterocycles. The molecule has 0 saturated carbocycles. The van der Waals surface area contributed by atoms with E-state index in [9.17, 15) is 9.18 Å². The average molecular weight is 392 g/mol. The summed E-state index contributed by atoms with van der Waals surface area (Å²) >= 11 is 0. The Bertz CT molecular complexity index is 837. The smallest absolute Gasteiger partial charge is 0.261 e. The summed E-state index contributed by atoms with van der Waals surface area (Å²) in [5, 5.41) is 4.06. The number of carbonyl (C=O) groups is 1. The summed E-state index contributed by atoms with van der Waals surface area (Å²) in [6, 6.07) is 4.29. The SMILES string of the molecule is COc1cc(-c2onc(N(C)C)c2C(=O)N2CCOC(CCN)C2)ccc1F. The molecule has 0 radical (unpaired) electrons. The van der Waals surface area contributed by atoms with E-state index in [4.69, 9.17) is 19.7 Å². The summed E-state index contributed by atoms with van der Waals surface area (Å²) in [4.78, 5) is 16.8. The first kappa shape index (κ1) is 20.1. The largest absolute Gasteiger partial charge is 0.494 e. The molecule has 2 N–H and O–H groups in total. The Morgan fingerprint density at radius 1 is 1.46 bits per heavy atom. The van der Waals surface area contributed by atoms with Crippen LogP contribution in [0.1, 0.15) is 16.8 Å². The third kappa shape index (κ3) is 3.95. The van der Waals surface area contributed by atoms with Crippen LogP contribution in [0.3, 0.4) is 0 Å². The Labute approximate surface area is 163 Å². The van der Waals surface area contributed by atoms with Crippen molar-refractivity contribution in [3.05, 3.63) is 29.6 Å². The van der Waals surface area contributed by atoms with Crippen molar-refractivity contribution in [1.82, 2.24) is 10.1 Å². The predicted molar refractivity (Wildman–Crippen MR) is 102 cm³/mol. The van der Waals surface area contributed by atoms with Gasteiger partial charge in [0.1, 0.15) is 5.56 Å². The molecule has 0 aliphatic carbocycles. The van der Waals surface area contributed by atoms with Crippen LogP contribution >= 0.6 is 0 Å². The molecule has 8 nitrogen and oxygen atoms in total. The van der Waals surface area contributed by atoms with Crippen LogP contribution in [0, 0.1) is 5.82 Å². The molecule has 0 spiro atoms. The highest BCUT2D eigenvalue weighted by Gasteiger charge is 2.32. The number of halogens is 1. The number of benzene rings is 1. The second-order valence-corrected chi connectivity index (χ2v) is 6.78. The molecule has 1 saturated heterocycles. The molecule has 1 amide bonds. The third-order valence-electron chi connectivity index (χ3n) is 4.64. The molecule has 1 fully saturated rings. The fourth-order valence-electron chi connectivity index (χ4n) is 3.20. The molecule has 152 valence electrons. The van der Waals surface area contributed by atoms with Crippen molar-refractivity contribution in [2.45, 2.75) is 12.5 Å². The lowest BCUT2D eigenvalue weighted by molar-refractivity contribution is -0.0236. The number of methoxy groups -OCH3 is 1. The topological polar surface area (TPSA) is 94.1 Å². The Hall–Kier alpha value is -2.65. The Kier molecular flexibility index (Phi) is 6.15. The molecule has 3 rings (SSSR count). The number of morpholine rings is 1. The van der Waals surface area contributed by atoms with Crippen LogP contribution in [-0.4, -0.2) is 69.5 Å². The molecule has 1 atom stereocenters. The zero-order valence-corrected chi connectivity index (χ0v) is 16.3. The monoisotopic (exact) mass is 392 g/mol. The highest BCUT2D eigenvalue weighted by Crippen LogP contribution is 2.34. The number of hydrogen-bond donors (Lipinski definition) is 1. The zero-order valence-electron chi connectivity index (χ0n) is 16.3. The van der Waals surface area contributed by atoms with Crippen molar-refractivity contribution >= 4 is 11.7 Å². The number of amides is 1. The number of hydrogen-bond acceptors (Lipinski definition) is 7. The van der Waals surface area contributed by atoms with Crippen LogP contribution in [0.15, 0.2) is 22.7 Å². The summed E-state index contributed by atoms with van der Waals surface area (Å²) < 4.78 is 30.0. The van der Waals surface area contributed by atoms with Crippen molar-refractivity contribution in [2.24, 2.45) is 5.73 Å². The van der Waals surface area contributed by atoms with E-state index >= 15 is 0 Å². The quantitative estimate of drug-likeness (QED) is 0.800. The number of rotatable bonds is 6. The van der Waals surface area contributed by atoms with Gasteiger partial charge in [-0.25, -0.2) is 4.39 Å². The van der Waals surface area contributed by atoms with E-state index < -0.39 is 5.82 Å². The number of aromatic nitrogens is 1. The van der Waals surface area contributed by atoms with E-state index in [0.29, 0.717) is 49.6 Å². The van der Waals surface area contributed by atoms with Gasteiger partial charge in [0.05, 0.1) is 19.8 Å². The molecule has 1 aliphatic rings. The van der Waals surface area contributed by atoms with Gasteiger partial charge in [-0.3, -0.25) is 4.79 Å². The molecular weight excluding hydrogens is 367 g/mol. The van der Waals surface area contributed by atoms with Crippen molar-refractivity contribution in [3.8, 4) is 17.1 Å². The van der Waals surface area contributed by atoms with Gasteiger partial charge in [-0.1, -0.05) is 5.16 Å². The number of nitrogens with zero attached hydrogens (tertiary/aromatic N) is 3. The van der Waals surface area contributed by atoms with Gasteiger partial charge in [0, 0.05) is 32.7 Å². The average Bonchev–Trinajstić information content (AvgIpc) is 3.13. The molecule has 28 heavy (non-hydrogen) atoms. The first-order chi connectivity index (χ1) is 13.5. The van der Waals surface area contributed by atoms with Crippen LogP contribution in [0.25, 0.3) is 11.3 Å². The maximum Gasteiger partial charge on any atom is 0.261 e. The molecule has 2 aromatic rings. The van der Waals surface area contributed by atoms with E-state index in [1.165, 1.54) is 25.3 Å². The third-order valence-corrected chi connectivity index (χ3v) is 4.64. The van der Waals surface area contributed by atoms with Crippen LogP contribution in [0.2, 0.25) is 0 Å². The molecule has 1 aromatic heterocycles. The molecule has 2 heterocycles. The summed E-state index contributed by atoms with van der Waals surface area (Å²) in [6.45, 7) is 1.84. The van der Waals surface area contributed by atoms with E-state index in [2.05, 4.69) is 5.16 Å². The van der Waals surface area contributed by atoms with Crippen molar-refractivity contribution < 1.29 is 23.2 Å². The summed E-state index contributed by atoms with van der Waals surface area (Å²) in [7, 11) is 4.94. The Morgan fingerprint density at radius 3 is 2.93 bits per heavy atom. The zero-order chi connectivity index (χ0) is 20.3. The lowest BCUT2D eigenvalue weighted by atomic mass is 10.1. The lowest BCUT2D eigenvalue weighted by Gasteiger charge is -2.33. The van der Waals surface area contributed by atoms with Crippen LogP contribution in [-0.2, 0) is 4.74 Å². The maximum atomic E-state index is 13.8. The predicted octanol–water partition coefficient (Wildman–Crippen LogP) is 1.75. The normalized spacial score (nSPS) is 16.9. The van der Waals surface area contributed by atoms with E-state index in [1.54, 1.807) is 23.9 Å². The number of anilines is 1. The van der Waals surface area contributed by atoms with Crippen LogP contribution in [0.4, 0.5) is 10.2 Å². The van der Waals surface area contributed by atoms with Gasteiger partial charge < -0.3 is 29.5 Å². The minimum atomic E-state index is -0.496.